The number of aromatic nitrogens is 2. The van der Waals surface area contributed by atoms with Crippen molar-refractivity contribution < 1.29 is 9.53 Å². The third kappa shape index (κ3) is 2.15. The molecule has 0 unspecified atom stereocenters. The van der Waals surface area contributed by atoms with Gasteiger partial charge in [0, 0.05) is 23.5 Å². The van der Waals surface area contributed by atoms with Gasteiger partial charge in [0.25, 0.3) is 0 Å². The van der Waals surface area contributed by atoms with Crippen molar-refractivity contribution in [2.45, 2.75) is 25.3 Å². The summed E-state index contributed by atoms with van der Waals surface area (Å²) < 4.78 is 6.93. The zero-order chi connectivity index (χ0) is 14.1. The molecule has 104 valence electrons. The van der Waals surface area contributed by atoms with Gasteiger partial charge in [-0.05, 0) is 37.5 Å². The van der Waals surface area contributed by atoms with Gasteiger partial charge in [-0.15, -0.1) is 0 Å². The van der Waals surface area contributed by atoms with E-state index < -0.39 is 5.97 Å². The van der Waals surface area contributed by atoms with Gasteiger partial charge in [-0.2, -0.15) is 0 Å². The van der Waals surface area contributed by atoms with Crippen LogP contribution in [0.3, 0.4) is 0 Å². The first-order chi connectivity index (χ1) is 9.69. The van der Waals surface area contributed by atoms with Crippen LogP contribution >= 0.6 is 0 Å². The maximum atomic E-state index is 11.9. The Morgan fingerprint density at radius 1 is 1.45 bits per heavy atom. The number of rotatable bonds is 3. The van der Waals surface area contributed by atoms with Gasteiger partial charge in [0.2, 0.25) is 0 Å². The molecule has 1 fully saturated rings. The second kappa shape index (κ2) is 5.00. The van der Waals surface area contributed by atoms with E-state index in [1.807, 2.05) is 18.6 Å². The number of imidazole rings is 1. The van der Waals surface area contributed by atoms with Crippen molar-refractivity contribution in [3.05, 3.63) is 36.3 Å². The Hall–Kier alpha value is -2.30. The molecule has 0 atom stereocenters. The molecule has 2 N–H and O–H groups in total. The molecule has 0 saturated heterocycles. The maximum Gasteiger partial charge on any atom is 0.338 e. The number of nitrogens with zero attached hydrogens (tertiary/aromatic N) is 2. The van der Waals surface area contributed by atoms with Gasteiger partial charge in [0.1, 0.15) is 0 Å². The highest BCUT2D eigenvalue weighted by Gasteiger charge is 2.21. The lowest BCUT2D eigenvalue weighted by molar-refractivity contribution is 0.0601. The molecular weight excluding hydrogens is 254 g/mol. The number of hydrogen-bond acceptors (Lipinski definition) is 4. The second-order valence-electron chi connectivity index (χ2n) is 5.09. The van der Waals surface area contributed by atoms with Crippen LogP contribution in [0.25, 0.3) is 11.3 Å². The van der Waals surface area contributed by atoms with Crippen molar-refractivity contribution in [2.24, 2.45) is 0 Å². The minimum Gasteiger partial charge on any atom is -0.465 e. The van der Waals surface area contributed by atoms with Crippen molar-refractivity contribution in [3.63, 3.8) is 0 Å². The Bertz CT molecular complexity index is 644. The Morgan fingerprint density at radius 3 is 2.90 bits per heavy atom. The predicted molar refractivity (Wildman–Crippen MR) is 76.3 cm³/mol. The molecule has 1 saturated carbocycles. The fourth-order valence-corrected chi connectivity index (χ4v) is 2.42. The van der Waals surface area contributed by atoms with Gasteiger partial charge in [0.15, 0.2) is 0 Å². The minimum atomic E-state index is -0.398. The number of hydrogen-bond donors (Lipinski definition) is 1. The van der Waals surface area contributed by atoms with Crippen LogP contribution in [-0.2, 0) is 4.74 Å². The summed E-state index contributed by atoms with van der Waals surface area (Å²) in [5.41, 5.74) is 8.26. The quantitative estimate of drug-likeness (QED) is 0.688. The average Bonchev–Trinajstić information content (AvgIpc) is 2.84. The molecule has 0 bridgehead atoms. The number of nitrogens with two attached hydrogens (primary N) is 1. The van der Waals surface area contributed by atoms with E-state index in [-0.39, 0.29) is 0 Å². The lowest BCUT2D eigenvalue weighted by Gasteiger charge is -2.26. The van der Waals surface area contributed by atoms with Gasteiger partial charge in [-0.1, -0.05) is 0 Å². The number of nitrogen functional groups attached to an aromatic ring is 1. The van der Waals surface area contributed by atoms with Gasteiger partial charge in [-0.3, -0.25) is 0 Å². The van der Waals surface area contributed by atoms with Crippen molar-refractivity contribution in [1.29, 1.82) is 0 Å². The monoisotopic (exact) mass is 271 g/mol. The Labute approximate surface area is 117 Å². The van der Waals surface area contributed by atoms with Crippen molar-refractivity contribution >= 4 is 11.7 Å². The highest BCUT2D eigenvalue weighted by molar-refractivity contribution is 5.97. The van der Waals surface area contributed by atoms with E-state index in [9.17, 15) is 4.79 Å². The molecule has 1 aromatic carbocycles. The van der Waals surface area contributed by atoms with Crippen molar-refractivity contribution in [2.75, 3.05) is 12.8 Å². The number of benzene rings is 1. The first-order valence-corrected chi connectivity index (χ1v) is 6.70. The van der Waals surface area contributed by atoms with Crippen LogP contribution in [0.5, 0.6) is 0 Å². The molecule has 2 aromatic rings. The third-order valence-corrected chi connectivity index (χ3v) is 3.82. The number of methoxy groups -OCH3 is 1. The number of carbonyl (C=O) groups is 1. The minimum absolute atomic E-state index is 0.398. The lowest BCUT2D eigenvalue weighted by atomic mass is 9.93. The van der Waals surface area contributed by atoms with E-state index in [0.29, 0.717) is 17.3 Å². The standard InChI is InChI=1S/C15H17N3O2/c1-20-15(19)13-7-10(16)5-6-12(13)14-8-18(9-17-14)11-3-2-4-11/h5-9,11H,2-4,16H2,1H3. The van der Waals surface area contributed by atoms with Gasteiger partial charge < -0.3 is 15.0 Å². The van der Waals surface area contributed by atoms with Crippen LogP contribution in [0, 0.1) is 0 Å². The maximum absolute atomic E-state index is 11.9. The molecule has 5 heteroatoms. The molecule has 1 aromatic heterocycles. The van der Waals surface area contributed by atoms with E-state index in [0.717, 1.165) is 11.3 Å². The number of carbonyl (C=O) groups excluding carboxylic acids is 1. The second-order valence-corrected chi connectivity index (χ2v) is 5.09. The van der Waals surface area contributed by atoms with E-state index in [4.69, 9.17) is 10.5 Å². The van der Waals surface area contributed by atoms with Crippen LogP contribution in [0.4, 0.5) is 5.69 Å². The zero-order valence-electron chi connectivity index (χ0n) is 11.4. The largest absolute Gasteiger partial charge is 0.465 e. The zero-order valence-corrected chi connectivity index (χ0v) is 11.4. The lowest BCUT2D eigenvalue weighted by Crippen LogP contribution is -2.15. The van der Waals surface area contributed by atoms with Crippen molar-refractivity contribution in [3.8, 4) is 11.3 Å². The fraction of sp³-hybridized carbons (Fsp3) is 0.333. The molecule has 1 aliphatic carbocycles. The van der Waals surface area contributed by atoms with Crippen LogP contribution in [-0.4, -0.2) is 22.6 Å². The molecule has 3 rings (SSSR count). The average molecular weight is 271 g/mol. The van der Waals surface area contributed by atoms with Gasteiger partial charge >= 0.3 is 5.97 Å². The smallest absolute Gasteiger partial charge is 0.338 e. The summed E-state index contributed by atoms with van der Waals surface area (Å²) >= 11 is 0. The number of esters is 1. The van der Waals surface area contributed by atoms with Crippen molar-refractivity contribution in [1.82, 2.24) is 9.55 Å². The third-order valence-electron chi connectivity index (χ3n) is 3.82. The molecule has 0 amide bonds. The Morgan fingerprint density at radius 2 is 2.25 bits per heavy atom. The summed E-state index contributed by atoms with van der Waals surface area (Å²) in [5, 5.41) is 0. The summed E-state index contributed by atoms with van der Waals surface area (Å²) in [6.45, 7) is 0. The summed E-state index contributed by atoms with van der Waals surface area (Å²) in [6.07, 6.45) is 7.48. The fourth-order valence-electron chi connectivity index (χ4n) is 2.42. The van der Waals surface area contributed by atoms with E-state index in [1.54, 1.807) is 12.1 Å². The molecule has 0 aliphatic heterocycles. The topological polar surface area (TPSA) is 70.1 Å². The van der Waals surface area contributed by atoms with Gasteiger partial charge in [-0.25, -0.2) is 9.78 Å². The summed E-state index contributed by atoms with van der Waals surface area (Å²) in [6, 6.07) is 5.76. The highest BCUT2D eigenvalue weighted by atomic mass is 16.5. The van der Waals surface area contributed by atoms with Crippen LogP contribution in [0.15, 0.2) is 30.7 Å². The SMILES string of the molecule is COC(=O)c1cc(N)ccc1-c1cn(C2CCC2)cn1. The van der Waals surface area contributed by atoms with Crippen LogP contribution in [0.1, 0.15) is 35.7 Å². The predicted octanol–water partition coefficient (Wildman–Crippen LogP) is 2.64. The highest BCUT2D eigenvalue weighted by Crippen LogP contribution is 2.33. The molecular formula is C15H17N3O2. The van der Waals surface area contributed by atoms with Crippen LogP contribution in [0.2, 0.25) is 0 Å². The van der Waals surface area contributed by atoms with Crippen LogP contribution < -0.4 is 5.73 Å². The Balaban J connectivity index is 2.00. The normalized spacial score (nSPS) is 14.8. The Kier molecular flexibility index (Phi) is 3.18. The molecule has 0 spiro atoms. The van der Waals surface area contributed by atoms with E-state index in [2.05, 4.69) is 9.55 Å². The van der Waals surface area contributed by atoms with E-state index in [1.165, 1.54) is 26.4 Å². The molecule has 0 radical (unpaired) electrons. The first kappa shape index (κ1) is 12.7. The molecule has 5 nitrogen and oxygen atoms in total. The number of ether oxygens (including phenoxy) is 1. The molecule has 1 heterocycles. The number of anilines is 1. The molecule has 20 heavy (non-hydrogen) atoms. The van der Waals surface area contributed by atoms with Gasteiger partial charge in [0.05, 0.1) is 24.7 Å². The summed E-state index contributed by atoms with van der Waals surface area (Å²) in [4.78, 5) is 16.3. The summed E-state index contributed by atoms with van der Waals surface area (Å²) in [5.74, 6) is -0.398. The first-order valence-electron chi connectivity index (χ1n) is 6.70. The summed E-state index contributed by atoms with van der Waals surface area (Å²) in [7, 11) is 1.36. The molecule has 1 aliphatic rings. The van der Waals surface area contributed by atoms with E-state index >= 15 is 0 Å².